The minimum absolute atomic E-state index is 0.0141. The van der Waals surface area contributed by atoms with Gasteiger partial charge in [0.1, 0.15) is 5.00 Å². The number of aryl methyl sites for hydroxylation is 1. The Bertz CT molecular complexity index is 1320. The molecular weight excluding hydrogens is 498 g/mol. The number of thiophene rings is 1. The van der Waals surface area contributed by atoms with Crippen molar-refractivity contribution >= 4 is 33.8 Å². The molecule has 0 spiro atoms. The van der Waals surface area contributed by atoms with Gasteiger partial charge in [0.2, 0.25) is 0 Å². The third-order valence-electron chi connectivity index (χ3n) is 6.90. The summed E-state index contributed by atoms with van der Waals surface area (Å²) < 4.78 is 0. The molecule has 1 unspecified atom stereocenters. The maximum Gasteiger partial charge on any atom is 0.256 e. The number of rotatable bonds is 8. The van der Waals surface area contributed by atoms with Gasteiger partial charge in [-0.2, -0.15) is 0 Å². The fourth-order valence-corrected chi connectivity index (χ4v) is 6.21. The van der Waals surface area contributed by atoms with Crippen LogP contribution in [-0.2, 0) is 13.0 Å². The van der Waals surface area contributed by atoms with Crippen LogP contribution in [0, 0.1) is 0 Å². The van der Waals surface area contributed by atoms with E-state index in [0.29, 0.717) is 5.56 Å². The predicted octanol–water partition coefficient (Wildman–Crippen LogP) is 7.12. The molecule has 5 rings (SSSR count). The van der Waals surface area contributed by atoms with E-state index in [0.717, 1.165) is 60.3 Å². The lowest BCUT2D eigenvalue weighted by Crippen LogP contribution is -2.47. The molecule has 0 bridgehead atoms. The summed E-state index contributed by atoms with van der Waals surface area (Å²) in [5.74, 6) is -0.0797. The van der Waals surface area contributed by atoms with Gasteiger partial charge >= 0.3 is 0 Å². The summed E-state index contributed by atoms with van der Waals surface area (Å²) in [4.78, 5) is 19.4. The molecule has 1 aliphatic heterocycles. The zero-order chi connectivity index (χ0) is 25.6. The Morgan fingerprint density at radius 3 is 2.30 bits per heavy atom. The summed E-state index contributed by atoms with van der Waals surface area (Å²) in [5, 5.41) is 4.88. The predicted molar refractivity (Wildman–Crippen MR) is 155 cm³/mol. The minimum Gasteiger partial charge on any atom is -0.313 e. The highest BCUT2D eigenvalue weighted by molar-refractivity contribution is 7.16. The Kier molecular flexibility index (Phi) is 8.37. The average Bonchev–Trinajstić information content (AvgIpc) is 3.33. The summed E-state index contributed by atoms with van der Waals surface area (Å²) in [5.41, 5.74) is 4.30. The van der Waals surface area contributed by atoms with Crippen LogP contribution in [0.15, 0.2) is 91.0 Å². The number of nitrogens with zero attached hydrogens (tertiary/aromatic N) is 2. The van der Waals surface area contributed by atoms with Crippen LogP contribution in [0.3, 0.4) is 0 Å². The van der Waals surface area contributed by atoms with E-state index >= 15 is 0 Å². The fourth-order valence-electron chi connectivity index (χ4n) is 4.98. The van der Waals surface area contributed by atoms with Gasteiger partial charge in [-0.1, -0.05) is 79.2 Å². The zero-order valence-electron chi connectivity index (χ0n) is 21.1. The van der Waals surface area contributed by atoms with Crippen molar-refractivity contribution in [1.29, 1.82) is 0 Å². The number of benzene rings is 3. The van der Waals surface area contributed by atoms with Gasteiger partial charge < -0.3 is 5.32 Å². The molecular formula is C31H32ClN3OS. The van der Waals surface area contributed by atoms with Crippen LogP contribution in [0.4, 0.5) is 5.00 Å². The van der Waals surface area contributed by atoms with Crippen molar-refractivity contribution < 1.29 is 4.79 Å². The molecule has 1 aromatic heterocycles. The van der Waals surface area contributed by atoms with E-state index in [4.69, 9.17) is 11.6 Å². The molecule has 190 valence electrons. The Balaban J connectivity index is 1.43. The quantitative estimate of drug-likeness (QED) is 0.264. The van der Waals surface area contributed by atoms with Crippen molar-refractivity contribution in [3.8, 4) is 0 Å². The lowest BCUT2D eigenvalue weighted by atomic mass is 9.97. The first-order chi connectivity index (χ1) is 18.1. The highest BCUT2D eigenvalue weighted by Crippen LogP contribution is 2.40. The first-order valence-corrected chi connectivity index (χ1v) is 14.0. The van der Waals surface area contributed by atoms with Crippen molar-refractivity contribution in [2.24, 2.45) is 0 Å². The van der Waals surface area contributed by atoms with Crippen molar-refractivity contribution in [3.63, 3.8) is 0 Å². The molecule has 1 aliphatic rings. The van der Waals surface area contributed by atoms with Crippen LogP contribution in [0.2, 0.25) is 5.02 Å². The fraction of sp³-hybridized carbons (Fsp3) is 0.258. The smallest absolute Gasteiger partial charge is 0.256 e. The van der Waals surface area contributed by atoms with E-state index in [1.165, 1.54) is 10.4 Å². The number of hydrogen-bond acceptors (Lipinski definition) is 4. The largest absolute Gasteiger partial charge is 0.313 e. The molecule has 0 saturated carbocycles. The number of carbonyl (C=O) groups excluding carboxylic acids is 1. The van der Waals surface area contributed by atoms with E-state index in [-0.39, 0.29) is 11.9 Å². The number of amides is 1. The average molecular weight is 530 g/mol. The van der Waals surface area contributed by atoms with Gasteiger partial charge in [0.15, 0.2) is 0 Å². The van der Waals surface area contributed by atoms with Crippen LogP contribution < -0.4 is 5.32 Å². The summed E-state index contributed by atoms with van der Waals surface area (Å²) in [6.45, 7) is 6.98. The Labute approximate surface area is 228 Å². The molecule has 2 heterocycles. The Hall–Kier alpha value is -2.96. The number of carbonyl (C=O) groups is 1. The van der Waals surface area contributed by atoms with Gasteiger partial charge in [-0.15, -0.1) is 11.3 Å². The van der Waals surface area contributed by atoms with E-state index < -0.39 is 0 Å². The van der Waals surface area contributed by atoms with Gasteiger partial charge in [-0.3, -0.25) is 14.6 Å². The number of piperazine rings is 1. The van der Waals surface area contributed by atoms with Crippen LogP contribution in [0.25, 0.3) is 0 Å². The summed E-state index contributed by atoms with van der Waals surface area (Å²) >= 11 is 8.15. The Morgan fingerprint density at radius 2 is 1.62 bits per heavy atom. The summed E-state index contributed by atoms with van der Waals surface area (Å²) in [6, 6.07) is 30.5. The molecule has 37 heavy (non-hydrogen) atoms. The summed E-state index contributed by atoms with van der Waals surface area (Å²) in [6.07, 6.45) is 0.923. The third kappa shape index (κ3) is 6.31. The second-order valence-electron chi connectivity index (χ2n) is 9.43. The maximum absolute atomic E-state index is 13.1. The van der Waals surface area contributed by atoms with Crippen LogP contribution >= 0.6 is 22.9 Å². The third-order valence-corrected chi connectivity index (χ3v) is 8.35. The first kappa shape index (κ1) is 25.7. The second kappa shape index (κ2) is 12.1. The molecule has 4 aromatic rings. The molecule has 1 N–H and O–H groups in total. The normalized spacial score (nSPS) is 15.4. The number of hydrogen-bond donors (Lipinski definition) is 1. The Morgan fingerprint density at radius 1 is 0.919 bits per heavy atom. The van der Waals surface area contributed by atoms with Crippen LogP contribution in [0.5, 0.6) is 0 Å². The van der Waals surface area contributed by atoms with Crippen LogP contribution in [-0.4, -0.2) is 41.9 Å². The lowest BCUT2D eigenvalue weighted by Gasteiger charge is -2.40. The molecule has 4 nitrogen and oxygen atoms in total. The SMILES string of the molecule is CCc1cc(C(c2cccc(Cl)c2)N2CCN(Cc3ccccc3)CC2)c(NC(=O)c2ccccc2)s1. The highest BCUT2D eigenvalue weighted by Gasteiger charge is 2.30. The molecule has 0 radical (unpaired) electrons. The number of halogens is 1. The van der Waals surface area contributed by atoms with Gasteiger partial charge in [0, 0.05) is 53.8 Å². The molecule has 0 aliphatic carbocycles. The molecule has 6 heteroatoms. The van der Waals surface area contributed by atoms with Gasteiger partial charge in [-0.25, -0.2) is 0 Å². The lowest BCUT2D eigenvalue weighted by molar-refractivity contribution is 0.102. The standard InChI is InChI=1S/C31H32ClN3OS/c1-2-27-21-28(31(37-27)33-30(36)24-12-7-4-8-13-24)29(25-14-9-15-26(32)20-25)35-18-16-34(17-19-35)22-23-10-5-3-6-11-23/h3-15,20-21,29H,2,16-19,22H2,1H3,(H,33,36). The molecule has 3 aromatic carbocycles. The van der Waals surface area contributed by atoms with Crippen LogP contribution in [0.1, 0.15) is 44.9 Å². The molecule has 1 fully saturated rings. The van der Waals surface area contributed by atoms with Gasteiger partial charge in [-0.05, 0) is 47.9 Å². The molecule has 1 amide bonds. The van der Waals surface area contributed by atoms with Gasteiger partial charge in [0.05, 0.1) is 6.04 Å². The van der Waals surface area contributed by atoms with E-state index in [2.05, 4.69) is 70.6 Å². The van der Waals surface area contributed by atoms with Crippen molar-refractivity contribution in [1.82, 2.24) is 9.80 Å². The first-order valence-electron chi connectivity index (χ1n) is 12.9. The second-order valence-corrected chi connectivity index (χ2v) is 11.0. The van der Waals surface area contributed by atoms with Crippen molar-refractivity contribution in [3.05, 3.63) is 123 Å². The monoisotopic (exact) mass is 529 g/mol. The van der Waals surface area contributed by atoms with Crippen molar-refractivity contribution in [2.45, 2.75) is 25.9 Å². The zero-order valence-corrected chi connectivity index (χ0v) is 22.6. The van der Waals surface area contributed by atoms with Gasteiger partial charge in [0.25, 0.3) is 5.91 Å². The van der Waals surface area contributed by atoms with E-state index in [1.807, 2.05) is 42.5 Å². The van der Waals surface area contributed by atoms with E-state index in [1.54, 1.807) is 11.3 Å². The maximum atomic E-state index is 13.1. The number of anilines is 1. The topological polar surface area (TPSA) is 35.6 Å². The number of nitrogens with one attached hydrogen (secondary N) is 1. The summed E-state index contributed by atoms with van der Waals surface area (Å²) in [7, 11) is 0. The molecule has 1 atom stereocenters. The van der Waals surface area contributed by atoms with Crippen molar-refractivity contribution in [2.75, 3.05) is 31.5 Å². The highest BCUT2D eigenvalue weighted by atomic mass is 35.5. The van der Waals surface area contributed by atoms with E-state index in [9.17, 15) is 4.79 Å². The molecule has 1 saturated heterocycles. The minimum atomic E-state index is -0.0797.